The van der Waals surface area contributed by atoms with Crippen molar-refractivity contribution in [3.05, 3.63) is 35.9 Å². The Kier molecular flexibility index (Phi) is 4.29. The molecule has 6 heteroatoms. The van der Waals surface area contributed by atoms with Crippen molar-refractivity contribution in [3.63, 3.8) is 0 Å². The van der Waals surface area contributed by atoms with E-state index in [0.29, 0.717) is 12.5 Å². The van der Waals surface area contributed by atoms with Crippen LogP contribution in [-0.2, 0) is 0 Å². The lowest BCUT2D eigenvalue weighted by atomic mass is 9.98. The van der Waals surface area contributed by atoms with Gasteiger partial charge in [0.15, 0.2) is 5.96 Å². The summed E-state index contributed by atoms with van der Waals surface area (Å²) in [5.74, 6) is -1.07. The molecule has 104 valence electrons. The van der Waals surface area contributed by atoms with Crippen molar-refractivity contribution in [1.82, 2.24) is 10.6 Å². The van der Waals surface area contributed by atoms with Crippen molar-refractivity contribution in [2.45, 2.75) is 18.5 Å². The van der Waals surface area contributed by atoms with E-state index < -0.39 is 12.1 Å². The summed E-state index contributed by atoms with van der Waals surface area (Å²) in [4.78, 5) is 4.10. The van der Waals surface area contributed by atoms with Crippen LogP contribution in [0.4, 0.5) is 13.2 Å². The number of aliphatic imine (C=N–C) groups is 1. The lowest BCUT2D eigenvalue weighted by Gasteiger charge is -2.23. The van der Waals surface area contributed by atoms with E-state index >= 15 is 0 Å². The predicted octanol–water partition coefficient (Wildman–Crippen LogP) is 2.27. The maximum atomic E-state index is 13.1. The van der Waals surface area contributed by atoms with Gasteiger partial charge in [-0.3, -0.25) is 4.99 Å². The molecular formula is C13H16F3N3. The number of guanidine groups is 1. The summed E-state index contributed by atoms with van der Waals surface area (Å²) in [7, 11) is 0. The minimum Gasteiger partial charge on any atom is -0.356 e. The maximum absolute atomic E-state index is 13.1. The van der Waals surface area contributed by atoms with E-state index in [1.54, 1.807) is 18.2 Å². The summed E-state index contributed by atoms with van der Waals surface area (Å²) in [6.45, 7) is 1.19. The molecule has 0 amide bonds. The second kappa shape index (κ2) is 5.95. The topological polar surface area (TPSA) is 36.4 Å². The van der Waals surface area contributed by atoms with Crippen LogP contribution in [-0.4, -0.2) is 31.8 Å². The van der Waals surface area contributed by atoms with Crippen LogP contribution in [0.1, 0.15) is 17.9 Å². The Labute approximate surface area is 109 Å². The largest absolute Gasteiger partial charge is 0.397 e. The standard InChI is InChI=1S/C13H16F3N3/c14-13(15,16)11(10-5-2-1-3-6-10)9-19-12-17-7-4-8-18-12/h1-3,5-6,11H,4,7-9H2,(H2,17,18,19). The smallest absolute Gasteiger partial charge is 0.356 e. The van der Waals surface area contributed by atoms with Crippen LogP contribution in [0.5, 0.6) is 0 Å². The van der Waals surface area contributed by atoms with Crippen molar-refractivity contribution in [2.75, 3.05) is 19.6 Å². The molecule has 0 fully saturated rings. The van der Waals surface area contributed by atoms with Crippen LogP contribution < -0.4 is 10.6 Å². The van der Waals surface area contributed by atoms with E-state index in [-0.39, 0.29) is 12.1 Å². The Morgan fingerprint density at radius 2 is 2.00 bits per heavy atom. The monoisotopic (exact) mass is 271 g/mol. The fourth-order valence-corrected chi connectivity index (χ4v) is 1.96. The molecule has 0 saturated heterocycles. The molecule has 0 saturated carbocycles. The first-order chi connectivity index (χ1) is 9.07. The van der Waals surface area contributed by atoms with Gasteiger partial charge in [0.2, 0.25) is 0 Å². The fraction of sp³-hybridized carbons (Fsp3) is 0.462. The summed E-state index contributed by atoms with van der Waals surface area (Å²) in [5.41, 5.74) is 0.263. The predicted molar refractivity (Wildman–Crippen MR) is 68.2 cm³/mol. The molecule has 1 heterocycles. The minimum absolute atomic E-state index is 0.209. The molecule has 0 spiro atoms. The average Bonchev–Trinajstić information content (AvgIpc) is 2.40. The molecule has 1 aromatic carbocycles. The highest BCUT2D eigenvalue weighted by Crippen LogP contribution is 2.34. The Balaban J connectivity index is 2.05. The number of rotatable bonds is 3. The minimum atomic E-state index is -4.27. The summed E-state index contributed by atoms with van der Waals surface area (Å²) >= 11 is 0. The number of benzene rings is 1. The van der Waals surface area contributed by atoms with Gasteiger partial charge in [0.1, 0.15) is 0 Å². The number of halogens is 3. The first-order valence-electron chi connectivity index (χ1n) is 6.21. The third-order valence-electron chi connectivity index (χ3n) is 2.97. The Morgan fingerprint density at radius 1 is 1.26 bits per heavy atom. The van der Waals surface area contributed by atoms with Crippen molar-refractivity contribution < 1.29 is 13.2 Å². The van der Waals surface area contributed by atoms with Gasteiger partial charge in [-0.2, -0.15) is 13.2 Å². The zero-order valence-corrected chi connectivity index (χ0v) is 10.4. The second-order valence-corrected chi connectivity index (χ2v) is 4.40. The molecule has 2 rings (SSSR count). The van der Waals surface area contributed by atoms with Crippen molar-refractivity contribution in [1.29, 1.82) is 0 Å². The first kappa shape index (κ1) is 13.7. The van der Waals surface area contributed by atoms with Crippen LogP contribution in [0, 0.1) is 0 Å². The molecule has 0 aliphatic carbocycles. The molecule has 0 aromatic heterocycles. The normalized spacial score (nSPS) is 17.3. The van der Waals surface area contributed by atoms with Crippen LogP contribution in [0.2, 0.25) is 0 Å². The van der Waals surface area contributed by atoms with Crippen LogP contribution in [0.15, 0.2) is 35.3 Å². The van der Waals surface area contributed by atoms with Gasteiger partial charge >= 0.3 is 6.18 Å². The Morgan fingerprint density at radius 3 is 2.58 bits per heavy atom. The van der Waals surface area contributed by atoms with Gasteiger partial charge < -0.3 is 10.6 Å². The van der Waals surface area contributed by atoms with Gasteiger partial charge in [-0.1, -0.05) is 30.3 Å². The number of nitrogens with zero attached hydrogens (tertiary/aromatic N) is 1. The van der Waals surface area contributed by atoms with Gasteiger partial charge in [-0.05, 0) is 12.0 Å². The van der Waals surface area contributed by atoms with Gasteiger partial charge in [0, 0.05) is 19.6 Å². The van der Waals surface area contributed by atoms with Crippen LogP contribution in [0.25, 0.3) is 0 Å². The zero-order chi connectivity index (χ0) is 13.7. The molecule has 1 aliphatic heterocycles. The van der Waals surface area contributed by atoms with Crippen molar-refractivity contribution in [3.8, 4) is 0 Å². The Hall–Kier alpha value is -1.72. The Bertz CT molecular complexity index is 429. The third kappa shape index (κ3) is 3.87. The molecule has 1 unspecified atom stereocenters. The lowest BCUT2D eigenvalue weighted by Crippen LogP contribution is -2.44. The van der Waals surface area contributed by atoms with E-state index in [4.69, 9.17) is 0 Å². The van der Waals surface area contributed by atoms with E-state index in [0.717, 1.165) is 13.0 Å². The SMILES string of the molecule is FC(F)(F)C(CNC1=NCCCN1)c1ccccc1. The van der Waals surface area contributed by atoms with Crippen LogP contribution in [0.3, 0.4) is 0 Å². The number of hydrogen-bond donors (Lipinski definition) is 2. The maximum Gasteiger partial charge on any atom is 0.397 e. The molecule has 19 heavy (non-hydrogen) atoms. The number of hydrogen-bond acceptors (Lipinski definition) is 3. The molecular weight excluding hydrogens is 255 g/mol. The van der Waals surface area contributed by atoms with Gasteiger partial charge in [-0.15, -0.1) is 0 Å². The highest BCUT2D eigenvalue weighted by molar-refractivity contribution is 5.80. The second-order valence-electron chi connectivity index (χ2n) is 4.40. The van der Waals surface area contributed by atoms with Crippen molar-refractivity contribution >= 4 is 5.96 Å². The van der Waals surface area contributed by atoms with E-state index in [2.05, 4.69) is 15.6 Å². The zero-order valence-electron chi connectivity index (χ0n) is 10.4. The van der Waals surface area contributed by atoms with Crippen LogP contribution >= 0.6 is 0 Å². The molecule has 3 nitrogen and oxygen atoms in total. The van der Waals surface area contributed by atoms with E-state index in [1.807, 2.05) is 0 Å². The summed E-state index contributed by atoms with van der Waals surface area (Å²) in [5, 5.41) is 5.69. The van der Waals surface area contributed by atoms with E-state index in [1.165, 1.54) is 12.1 Å². The molecule has 1 aromatic rings. The first-order valence-corrected chi connectivity index (χ1v) is 6.21. The summed E-state index contributed by atoms with van der Waals surface area (Å²) in [6.07, 6.45) is -3.36. The van der Waals surface area contributed by atoms with Crippen molar-refractivity contribution in [2.24, 2.45) is 4.99 Å². The summed E-state index contributed by atoms with van der Waals surface area (Å²) < 4.78 is 39.2. The van der Waals surface area contributed by atoms with Gasteiger partial charge in [0.05, 0.1) is 5.92 Å². The fourth-order valence-electron chi connectivity index (χ4n) is 1.96. The lowest BCUT2D eigenvalue weighted by molar-refractivity contribution is -0.148. The molecule has 0 bridgehead atoms. The molecule has 2 N–H and O–H groups in total. The van der Waals surface area contributed by atoms with Gasteiger partial charge in [-0.25, -0.2) is 0 Å². The quantitative estimate of drug-likeness (QED) is 0.884. The van der Waals surface area contributed by atoms with E-state index in [9.17, 15) is 13.2 Å². The highest BCUT2D eigenvalue weighted by atomic mass is 19.4. The molecule has 1 aliphatic rings. The summed E-state index contributed by atoms with van der Waals surface area (Å²) in [6, 6.07) is 7.93. The molecule has 1 atom stereocenters. The number of nitrogens with one attached hydrogen (secondary N) is 2. The molecule has 0 radical (unpaired) electrons. The third-order valence-corrected chi connectivity index (χ3v) is 2.97. The van der Waals surface area contributed by atoms with Gasteiger partial charge in [0.25, 0.3) is 0 Å². The number of alkyl halides is 3. The average molecular weight is 271 g/mol. The highest BCUT2D eigenvalue weighted by Gasteiger charge is 2.40.